The molecule has 64 valence electrons. The van der Waals surface area contributed by atoms with Crippen LogP contribution in [0.5, 0.6) is 5.75 Å². The highest BCUT2D eigenvalue weighted by molar-refractivity contribution is 6.34. The van der Waals surface area contributed by atoms with Crippen molar-refractivity contribution in [3.05, 3.63) is 23.8 Å². The summed E-state index contributed by atoms with van der Waals surface area (Å²) in [7, 11) is 3.69. The van der Waals surface area contributed by atoms with Crippen LogP contribution in [-0.2, 0) is 0 Å². The molecular weight excluding hydrogens is 149 g/mol. The van der Waals surface area contributed by atoms with Gasteiger partial charge in [-0.25, -0.2) is 0 Å². The molecular formula is C9H14BNO. The maximum atomic E-state index is 5.73. The monoisotopic (exact) mass is 163 g/mol. The molecule has 0 amide bonds. The Morgan fingerprint density at radius 3 is 2.67 bits per heavy atom. The van der Waals surface area contributed by atoms with Gasteiger partial charge in [0, 0.05) is 6.04 Å². The fourth-order valence-corrected chi connectivity index (χ4v) is 1.12. The SMILES string of the molecule is Bc1ccc([C@@H](C)N)cc1OC. The molecule has 1 aromatic carbocycles. The molecule has 0 saturated heterocycles. The van der Waals surface area contributed by atoms with Crippen LogP contribution in [0.3, 0.4) is 0 Å². The molecule has 0 heterocycles. The molecule has 12 heavy (non-hydrogen) atoms. The van der Waals surface area contributed by atoms with Crippen LogP contribution in [0.1, 0.15) is 18.5 Å². The van der Waals surface area contributed by atoms with Crippen LogP contribution >= 0.6 is 0 Å². The highest BCUT2D eigenvalue weighted by Gasteiger charge is 2.02. The number of methoxy groups -OCH3 is 1. The molecule has 0 aromatic heterocycles. The highest BCUT2D eigenvalue weighted by atomic mass is 16.5. The average Bonchev–Trinajstić information content (AvgIpc) is 2.05. The van der Waals surface area contributed by atoms with Crippen molar-refractivity contribution in [2.75, 3.05) is 7.11 Å². The molecule has 1 aromatic rings. The van der Waals surface area contributed by atoms with Gasteiger partial charge in [0.15, 0.2) is 0 Å². The molecule has 0 bridgehead atoms. The Labute approximate surface area is 74.1 Å². The smallest absolute Gasteiger partial charge is 0.144 e. The highest BCUT2D eigenvalue weighted by Crippen LogP contribution is 2.14. The van der Waals surface area contributed by atoms with Crippen molar-refractivity contribution in [1.82, 2.24) is 0 Å². The Hall–Kier alpha value is -0.955. The minimum absolute atomic E-state index is 0.0690. The van der Waals surface area contributed by atoms with Crippen LogP contribution < -0.4 is 15.9 Å². The Balaban J connectivity index is 3.05. The second-order valence-electron chi connectivity index (χ2n) is 3.02. The van der Waals surface area contributed by atoms with Crippen molar-refractivity contribution in [2.24, 2.45) is 5.73 Å². The zero-order valence-electron chi connectivity index (χ0n) is 7.79. The summed E-state index contributed by atoms with van der Waals surface area (Å²) in [6.45, 7) is 1.96. The molecule has 0 aliphatic heterocycles. The summed E-state index contributed by atoms with van der Waals surface area (Å²) < 4.78 is 5.18. The zero-order chi connectivity index (χ0) is 9.14. The topological polar surface area (TPSA) is 35.2 Å². The molecule has 0 saturated carbocycles. The van der Waals surface area contributed by atoms with Gasteiger partial charge in [-0.05, 0) is 24.0 Å². The van der Waals surface area contributed by atoms with Gasteiger partial charge in [0.2, 0.25) is 0 Å². The molecule has 0 aliphatic rings. The molecule has 3 heteroatoms. The van der Waals surface area contributed by atoms with E-state index in [-0.39, 0.29) is 6.04 Å². The second kappa shape index (κ2) is 3.63. The van der Waals surface area contributed by atoms with Gasteiger partial charge >= 0.3 is 0 Å². The van der Waals surface area contributed by atoms with E-state index in [0.717, 1.165) is 16.8 Å². The van der Waals surface area contributed by atoms with Crippen molar-refractivity contribution in [2.45, 2.75) is 13.0 Å². The van der Waals surface area contributed by atoms with Crippen LogP contribution in [0, 0.1) is 0 Å². The van der Waals surface area contributed by atoms with Gasteiger partial charge in [0.25, 0.3) is 0 Å². The van der Waals surface area contributed by atoms with Crippen molar-refractivity contribution in [3.63, 3.8) is 0 Å². The van der Waals surface area contributed by atoms with E-state index >= 15 is 0 Å². The van der Waals surface area contributed by atoms with Crippen LogP contribution in [0.25, 0.3) is 0 Å². The Morgan fingerprint density at radius 2 is 2.17 bits per heavy atom. The molecule has 1 atom stereocenters. The Kier molecular flexibility index (Phi) is 2.76. The first kappa shape index (κ1) is 9.14. The third-order valence-electron chi connectivity index (χ3n) is 1.96. The molecule has 0 unspecified atom stereocenters. The van der Waals surface area contributed by atoms with Crippen LogP contribution in [0.2, 0.25) is 0 Å². The lowest BCUT2D eigenvalue weighted by Crippen LogP contribution is -2.11. The maximum Gasteiger partial charge on any atom is 0.144 e. The normalized spacial score (nSPS) is 12.6. The van der Waals surface area contributed by atoms with E-state index in [4.69, 9.17) is 10.5 Å². The zero-order valence-corrected chi connectivity index (χ0v) is 7.79. The summed E-state index contributed by atoms with van der Waals surface area (Å²) in [6.07, 6.45) is 0. The molecule has 0 fully saturated rings. The lowest BCUT2D eigenvalue weighted by molar-refractivity contribution is 0.417. The van der Waals surface area contributed by atoms with E-state index in [1.807, 2.05) is 33.0 Å². The quantitative estimate of drug-likeness (QED) is 0.621. The minimum Gasteiger partial charge on any atom is -0.497 e. The van der Waals surface area contributed by atoms with Gasteiger partial charge in [-0.15, -0.1) is 0 Å². The van der Waals surface area contributed by atoms with Gasteiger partial charge < -0.3 is 10.5 Å². The first-order chi connectivity index (χ1) is 5.65. The van der Waals surface area contributed by atoms with Gasteiger partial charge in [0.05, 0.1) is 7.11 Å². The summed E-state index contributed by atoms with van der Waals surface area (Å²) in [5, 5.41) is 0. The summed E-state index contributed by atoms with van der Waals surface area (Å²) in [5.41, 5.74) is 7.98. The fourth-order valence-electron chi connectivity index (χ4n) is 1.12. The molecule has 2 N–H and O–H groups in total. The summed E-state index contributed by atoms with van der Waals surface area (Å²) in [5.74, 6) is 0.907. The van der Waals surface area contributed by atoms with E-state index in [2.05, 4.69) is 0 Å². The summed E-state index contributed by atoms with van der Waals surface area (Å²) in [4.78, 5) is 0. The number of ether oxygens (including phenoxy) is 1. The minimum atomic E-state index is 0.0690. The molecule has 1 rings (SSSR count). The molecule has 2 nitrogen and oxygen atoms in total. The number of hydrogen-bond donors (Lipinski definition) is 1. The predicted molar refractivity (Wildman–Crippen MR) is 53.8 cm³/mol. The van der Waals surface area contributed by atoms with E-state index in [1.165, 1.54) is 0 Å². The first-order valence-electron chi connectivity index (χ1n) is 4.05. The largest absolute Gasteiger partial charge is 0.497 e. The van der Waals surface area contributed by atoms with Gasteiger partial charge in [0.1, 0.15) is 13.6 Å². The van der Waals surface area contributed by atoms with Gasteiger partial charge in [-0.1, -0.05) is 12.1 Å². The van der Waals surface area contributed by atoms with Gasteiger partial charge in [-0.3, -0.25) is 0 Å². The lowest BCUT2D eigenvalue weighted by atomic mass is 9.93. The maximum absolute atomic E-state index is 5.73. The number of hydrogen-bond acceptors (Lipinski definition) is 2. The van der Waals surface area contributed by atoms with E-state index < -0.39 is 0 Å². The Morgan fingerprint density at radius 1 is 1.50 bits per heavy atom. The van der Waals surface area contributed by atoms with Gasteiger partial charge in [-0.2, -0.15) is 0 Å². The first-order valence-corrected chi connectivity index (χ1v) is 4.05. The predicted octanol–water partition coefficient (Wildman–Crippen LogP) is -0.0267. The van der Waals surface area contributed by atoms with E-state index in [0.29, 0.717) is 0 Å². The van der Waals surface area contributed by atoms with Crippen molar-refractivity contribution in [1.29, 1.82) is 0 Å². The summed E-state index contributed by atoms with van der Waals surface area (Å²) in [6, 6.07) is 6.11. The number of nitrogens with two attached hydrogens (primary N) is 1. The molecule has 0 spiro atoms. The van der Waals surface area contributed by atoms with Crippen LogP contribution in [0.4, 0.5) is 0 Å². The van der Waals surface area contributed by atoms with Crippen LogP contribution in [0.15, 0.2) is 18.2 Å². The standard InChI is InChI=1S/C9H14BNO/c1-6(11)7-3-4-8(10)9(5-7)12-2/h3-6H,10-11H2,1-2H3/t6-/m1/s1. The van der Waals surface area contributed by atoms with E-state index in [1.54, 1.807) is 7.11 Å². The fraction of sp³-hybridized carbons (Fsp3) is 0.333. The van der Waals surface area contributed by atoms with Crippen LogP contribution in [-0.4, -0.2) is 15.0 Å². The van der Waals surface area contributed by atoms with Crippen molar-refractivity contribution >= 4 is 13.3 Å². The third-order valence-corrected chi connectivity index (χ3v) is 1.96. The number of benzene rings is 1. The lowest BCUT2D eigenvalue weighted by Gasteiger charge is -2.09. The molecule has 0 radical (unpaired) electrons. The number of rotatable bonds is 2. The second-order valence-corrected chi connectivity index (χ2v) is 3.02. The third kappa shape index (κ3) is 1.80. The summed E-state index contributed by atoms with van der Waals surface area (Å²) >= 11 is 0. The van der Waals surface area contributed by atoms with Crippen molar-refractivity contribution in [3.8, 4) is 5.75 Å². The average molecular weight is 163 g/mol. The molecule has 0 aliphatic carbocycles. The van der Waals surface area contributed by atoms with E-state index in [9.17, 15) is 0 Å². The van der Waals surface area contributed by atoms with Crippen molar-refractivity contribution < 1.29 is 4.74 Å². The Bertz CT molecular complexity index is 273.